The van der Waals surface area contributed by atoms with E-state index in [1.807, 2.05) is 0 Å². The van der Waals surface area contributed by atoms with Crippen molar-refractivity contribution in [3.8, 4) is 0 Å². The van der Waals surface area contributed by atoms with Gasteiger partial charge in [0.25, 0.3) is 0 Å². The quantitative estimate of drug-likeness (QED) is 0.700. The minimum absolute atomic E-state index is 0.0820. The van der Waals surface area contributed by atoms with Crippen molar-refractivity contribution in [1.82, 2.24) is 4.57 Å². The van der Waals surface area contributed by atoms with Crippen LogP contribution < -0.4 is 16.1 Å². The van der Waals surface area contributed by atoms with Crippen molar-refractivity contribution in [1.29, 1.82) is 0 Å². The fourth-order valence-corrected chi connectivity index (χ4v) is 4.09. The number of fused-ring (bicyclic) bond motifs is 1. The maximum absolute atomic E-state index is 15.7. The largest absolute Gasteiger partial charge is 0.477 e. The molecule has 0 bridgehead atoms. The number of rotatable bonds is 5. The Bertz CT molecular complexity index is 1150. The fourth-order valence-electron chi connectivity index (χ4n) is 4.09. The molecular formula is C21H24F2N4O4. The van der Waals surface area contributed by atoms with Gasteiger partial charge in [0.2, 0.25) is 5.43 Å². The monoisotopic (exact) mass is 434 g/mol. The molecule has 1 aliphatic carbocycles. The van der Waals surface area contributed by atoms with Gasteiger partial charge in [0.1, 0.15) is 23.7 Å². The molecule has 8 nitrogen and oxygen atoms in total. The number of hydrogen-bond acceptors (Lipinski definition) is 6. The first-order chi connectivity index (χ1) is 14.7. The summed E-state index contributed by atoms with van der Waals surface area (Å²) in [6, 6.07) is 0.805. The van der Waals surface area contributed by atoms with E-state index in [-0.39, 0.29) is 35.7 Å². The summed E-state index contributed by atoms with van der Waals surface area (Å²) in [4.78, 5) is 30.7. The summed E-state index contributed by atoms with van der Waals surface area (Å²) in [6.07, 6.45) is 2.97. The van der Waals surface area contributed by atoms with Crippen molar-refractivity contribution in [3.05, 3.63) is 39.7 Å². The number of carbonyl (C=O) groups is 1. The van der Waals surface area contributed by atoms with E-state index < -0.39 is 34.1 Å². The van der Waals surface area contributed by atoms with Crippen molar-refractivity contribution < 1.29 is 23.5 Å². The minimum Gasteiger partial charge on any atom is -0.477 e. The van der Waals surface area contributed by atoms with Crippen molar-refractivity contribution in [2.75, 3.05) is 24.6 Å². The van der Waals surface area contributed by atoms with E-state index in [2.05, 4.69) is 5.16 Å². The standard InChI is InChI=1S/C21H24F2N4O4/c1-3-31-25-15-6-7-26(10-21(15,2)24)18-14(22)8-12-17(16(18)23)27(11-4-5-11)9-13(19(12)28)20(29)30/h8-9,11H,3-7,10,24H2,1-2H3,(H,29,30)/b25-15+. The van der Waals surface area contributed by atoms with Crippen LogP contribution in [0.5, 0.6) is 0 Å². The van der Waals surface area contributed by atoms with Crippen LogP contribution in [0.3, 0.4) is 0 Å². The van der Waals surface area contributed by atoms with Crippen LogP contribution in [0.2, 0.25) is 0 Å². The number of halogens is 2. The molecule has 2 aromatic rings. The number of pyridine rings is 1. The van der Waals surface area contributed by atoms with Gasteiger partial charge in [0.15, 0.2) is 5.82 Å². The molecule has 2 heterocycles. The molecule has 1 saturated heterocycles. The molecule has 166 valence electrons. The number of piperidine rings is 1. The van der Waals surface area contributed by atoms with Crippen molar-refractivity contribution in [2.45, 2.75) is 44.7 Å². The van der Waals surface area contributed by atoms with Crippen LogP contribution in [0.1, 0.15) is 49.5 Å². The average molecular weight is 434 g/mol. The molecule has 1 aromatic carbocycles. The number of oxime groups is 1. The lowest BCUT2D eigenvalue weighted by Crippen LogP contribution is -2.59. The van der Waals surface area contributed by atoms with E-state index in [4.69, 9.17) is 10.6 Å². The summed E-state index contributed by atoms with van der Waals surface area (Å²) in [5.74, 6) is -3.26. The molecule has 1 atom stereocenters. The number of carboxylic acids is 1. The predicted molar refractivity (Wildman–Crippen MR) is 112 cm³/mol. The van der Waals surface area contributed by atoms with E-state index in [0.717, 1.165) is 25.1 Å². The number of carboxylic acid groups (broad SMARTS) is 1. The van der Waals surface area contributed by atoms with Crippen LogP contribution in [0, 0.1) is 11.6 Å². The number of benzene rings is 1. The molecule has 0 amide bonds. The molecule has 4 rings (SSSR count). The van der Waals surface area contributed by atoms with Gasteiger partial charge in [-0.3, -0.25) is 4.79 Å². The Morgan fingerprint density at radius 2 is 2.13 bits per heavy atom. The van der Waals surface area contributed by atoms with Crippen molar-refractivity contribution in [2.24, 2.45) is 10.9 Å². The van der Waals surface area contributed by atoms with Crippen molar-refractivity contribution in [3.63, 3.8) is 0 Å². The predicted octanol–water partition coefficient (Wildman–Crippen LogP) is 2.63. The highest BCUT2D eigenvalue weighted by Gasteiger charge is 2.37. The number of anilines is 1. The van der Waals surface area contributed by atoms with Gasteiger partial charge in [-0.05, 0) is 32.8 Å². The Hall–Kier alpha value is -3.01. The second kappa shape index (κ2) is 7.60. The molecule has 1 aromatic heterocycles. The molecule has 1 saturated carbocycles. The van der Waals surface area contributed by atoms with Gasteiger partial charge in [-0.25, -0.2) is 13.6 Å². The van der Waals surface area contributed by atoms with E-state index in [1.165, 1.54) is 9.47 Å². The molecular weight excluding hydrogens is 410 g/mol. The van der Waals surface area contributed by atoms with Gasteiger partial charge in [0.05, 0.1) is 22.2 Å². The van der Waals surface area contributed by atoms with Gasteiger partial charge >= 0.3 is 5.97 Å². The first kappa shape index (κ1) is 21.2. The lowest BCUT2D eigenvalue weighted by atomic mass is 9.89. The van der Waals surface area contributed by atoms with Gasteiger partial charge in [-0.1, -0.05) is 5.16 Å². The number of aromatic nitrogens is 1. The third-order valence-corrected chi connectivity index (χ3v) is 5.77. The van der Waals surface area contributed by atoms with Crippen LogP contribution in [0.4, 0.5) is 14.5 Å². The fraction of sp³-hybridized carbons (Fsp3) is 0.476. The molecule has 0 spiro atoms. The lowest BCUT2D eigenvalue weighted by molar-refractivity contribution is 0.0694. The van der Waals surface area contributed by atoms with Gasteiger partial charge in [0, 0.05) is 31.7 Å². The van der Waals surface area contributed by atoms with Crippen LogP contribution in [0.15, 0.2) is 22.2 Å². The van der Waals surface area contributed by atoms with Gasteiger partial charge in [-0.2, -0.15) is 0 Å². The zero-order valence-corrected chi connectivity index (χ0v) is 17.3. The maximum atomic E-state index is 15.7. The van der Waals surface area contributed by atoms with Gasteiger partial charge in [-0.15, -0.1) is 0 Å². The summed E-state index contributed by atoms with van der Waals surface area (Å²) < 4.78 is 32.3. The van der Waals surface area contributed by atoms with Crippen LogP contribution in [-0.4, -0.2) is 46.6 Å². The summed E-state index contributed by atoms with van der Waals surface area (Å²) in [5, 5.41) is 13.1. The number of hydrogen-bond donors (Lipinski definition) is 2. The van der Waals surface area contributed by atoms with E-state index >= 15 is 8.78 Å². The Morgan fingerprint density at radius 3 is 2.71 bits per heavy atom. The zero-order chi connectivity index (χ0) is 22.5. The summed E-state index contributed by atoms with van der Waals surface area (Å²) in [7, 11) is 0. The Morgan fingerprint density at radius 1 is 1.42 bits per heavy atom. The molecule has 3 N–H and O–H groups in total. The second-order valence-electron chi connectivity index (χ2n) is 8.28. The first-order valence-electron chi connectivity index (χ1n) is 10.2. The maximum Gasteiger partial charge on any atom is 0.341 e. The van der Waals surface area contributed by atoms with Crippen LogP contribution in [0.25, 0.3) is 10.9 Å². The lowest BCUT2D eigenvalue weighted by Gasteiger charge is -2.40. The Kier molecular flexibility index (Phi) is 5.20. The summed E-state index contributed by atoms with van der Waals surface area (Å²) in [5.41, 5.74) is 4.22. The molecule has 2 fully saturated rings. The SMILES string of the molecule is CCO/N=C1\CCN(c2c(F)cc3c(=O)c(C(=O)O)cn(C4CC4)c3c2F)CC1(C)N. The third-order valence-electron chi connectivity index (χ3n) is 5.77. The number of nitrogens with two attached hydrogens (primary N) is 1. The summed E-state index contributed by atoms with van der Waals surface area (Å²) >= 11 is 0. The highest BCUT2D eigenvalue weighted by molar-refractivity contribution is 5.96. The molecule has 1 aliphatic heterocycles. The van der Waals surface area contributed by atoms with Crippen LogP contribution >= 0.6 is 0 Å². The number of aromatic carboxylic acids is 1. The summed E-state index contributed by atoms with van der Waals surface area (Å²) in [6.45, 7) is 4.25. The zero-order valence-electron chi connectivity index (χ0n) is 17.3. The highest BCUT2D eigenvalue weighted by atomic mass is 19.1. The minimum atomic E-state index is -1.43. The smallest absolute Gasteiger partial charge is 0.341 e. The molecule has 31 heavy (non-hydrogen) atoms. The molecule has 0 radical (unpaired) electrons. The molecule has 10 heteroatoms. The topological polar surface area (TPSA) is 110 Å². The molecule has 1 unspecified atom stereocenters. The first-order valence-corrected chi connectivity index (χ1v) is 10.2. The number of nitrogens with zero attached hydrogens (tertiary/aromatic N) is 3. The van der Waals surface area contributed by atoms with Crippen molar-refractivity contribution >= 4 is 28.3 Å². The van der Waals surface area contributed by atoms with E-state index in [0.29, 0.717) is 18.7 Å². The van der Waals surface area contributed by atoms with E-state index in [1.54, 1.807) is 13.8 Å². The Labute approximate surface area is 176 Å². The Balaban J connectivity index is 1.85. The van der Waals surface area contributed by atoms with E-state index in [9.17, 15) is 14.7 Å². The molecule has 2 aliphatic rings. The normalized spacial score (nSPS) is 22.9. The second-order valence-corrected chi connectivity index (χ2v) is 8.28. The highest BCUT2D eigenvalue weighted by Crippen LogP contribution is 2.40. The third kappa shape index (κ3) is 3.65. The average Bonchev–Trinajstić information content (AvgIpc) is 3.52. The van der Waals surface area contributed by atoms with Crippen LogP contribution in [-0.2, 0) is 4.84 Å². The van der Waals surface area contributed by atoms with Gasteiger partial charge < -0.3 is 25.1 Å².